The first kappa shape index (κ1) is 19.9. The highest BCUT2D eigenvalue weighted by Gasteiger charge is 2.14. The zero-order valence-electron chi connectivity index (χ0n) is 16.8. The molecule has 1 heterocycles. The summed E-state index contributed by atoms with van der Waals surface area (Å²) in [5.41, 5.74) is 2.63. The Kier molecular flexibility index (Phi) is 7.06. The van der Waals surface area contributed by atoms with E-state index in [1.54, 1.807) is 19.2 Å². The molecule has 0 saturated carbocycles. The predicted octanol–water partition coefficient (Wildman–Crippen LogP) is 4.95. The molecule has 0 spiro atoms. The van der Waals surface area contributed by atoms with Crippen molar-refractivity contribution in [2.45, 2.75) is 52.1 Å². The van der Waals surface area contributed by atoms with Crippen LogP contribution in [-0.2, 0) is 13.1 Å². The molecule has 5 heteroatoms. The number of nitrogens with zero attached hydrogens (tertiary/aromatic N) is 2. The second-order valence-corrected chi connectivity index (χ2v) is 6.97. The topological polar surface area (TPSA) is 56.2 Å². The average Bonchev–Trinajstić information content (AvgIpc) is 3.09. The summed E-state index contributed by atoms with van der Waals surface area (Å²) in [5, 5.41) is 3.00. The normalized spacial score (nSPS) is 10.9. The van der Waals surface area contributed by atoms with Crippen LogP contribution in [-0.4, -0.2) is 22.6 Å². The van der Waals surface area contributed by atoms with Gasteiger partial charge in [0.05, 0.1) is 30.3 Å². The van der Waals surface area contributed by atoms with Crippen LogP contribution in [0.15, 0.2) is 48.5 Å². The molecule has 0 unspecified atom stereocenters. The number of carbonyl (C=O) groups excluding carboxylic acids is 1. The second kappa shape index (κ2) is 9.93. The molecule has 0 saturated heterocycles. The molecule has 0 radical (unpaired) electrons. The first-order chi connectivity index (χ1) is 13.7. The lowest BCUT2D eigenvalue weighted by Crippen LogP contribution is -2.25. The molecule has 2 aromatic carbocycles. The number of ether oxygens (including phenoxy) is 1. The van der Waals surface area contributed by atoms with Crippen LogP contribution >= 0.6 is 0 Å². The summed E-state index contributed by atoms with van der Waals surface area (Å²) in [6.45, 7) is 3.54. The molecule has 148 valence electrons. The number of aromatic nitrogens is 2. The Bertz CT molecular complexity index is 917. The molecule has 0 aliphatic rings. The third-order valence-corrected chi connectivity index (χ3v) is 4.98. The monoisotopic (exact) mass is 379 g/mol. The van der Waals surface area contributed by atoms with Gasteiger partial charge in [0, 0.05) is 6.54 Å². The molecular formula is C23H29N3O2. The van der Waals surface area contributed by atoms with Crippen LogP contribution in [0.3, 0.4) is 0 Å². The van der Waals surface area contributed by atoms with Crippen molar-refractivity contribution in [3.63, 3.8) is 0 Å². The van der Waals surface area contributed by atoms with E-state index in [-0.39, 0.29) is 5.91 Å². The van der Waals surface area contributed by atoms with Crippen LogP contribution in [0.4, 0.5) is 0 Å². The van der Waals surface area contributed by atoms with Crippen LogP contribution in [0, 0.1) is 0 Å². The Morgan fingerprint density at radius 2 is 1.79 bits per heavy atom. The van der Waals surface area contributed by atoms with Crippen molar-refractivity contribution >= 4 is 16.9 Å². The SMILES string of the molecule is CCCCCCCn1c(CNC(=O)c2ccccc2OC)nc2ccccc21. The smallest absolute Gasteiger partial charge is 0.255 e. The van der Waals surface area contributed by atoms with Crippen molar-refractivity contribution in [1.82, 2.24) is 14.9 Å². The standard InChI is InChI=1S/C23H29N3O2/c1-3-4-5-6-11-16-26-20-14-9-8-13-19(20)25-22(26)17-24-23(27)18-12-7-10-15-21(18)28-2/h7-10,12-15H,3-6,11,16-17H2,1-2H3,(H,24,27). The fraction of sp³-hybridized carbons (Fsp3) is 0.391. The van der Waals surface area contributed by atoms with Crippen LogP contribution in [0.1, 0.15) is 55.2 Å². The Hall–Kier alpha value is -2.82. The van der Waals surface area contributed by atoms with Gasteiger partial charge in [-0.15, -0.1) is 0 Å². The summed E-state index contributed by atoms with van der Waals surface area (Å²) in [6.07, 6.45) is 6.13. The van der Waals surface area contributed by atoms with Crippen LogP contribution in [0.5, 0.6) is 5.75 Å². The van der Waals surface area contributed by atoms with E-state index in [1.165, 1.54) is 25.7 Å². The molecule has 0 bridgehead atoms. The number of methoxy groups -OCH3 is 1. The Balaban J connectivity index is 1.73. The number of aryl methyl sites for hydroxylation is 1. The van der Waals surface area contributed by atoms with E-state index < -0.39 is 0 Å². The zero-order chi connectivity index (χ0) is 19.8. The van der Waals surface area contributed by atoms with Gasteiger partial charge in [0.2, 0.25) is 0 Å². The van der Waals surface area contributed by atoms with E-state index in [0.29, 0.717) is 17.9 Å². The van der Waals surface area contributed by atoms with Gasteiger partial charge in [-0.3, -0.25) is 4.79 Å². The number of unbranched alkanes of at least 4 members (excludes halogenated alkanes) is 4. The number of imidazole rings is 1. The van der Waals surface area contributed by atoms with Gasteiger partial charge in [0.1, 0.15) is 11.6 Å². The van der Waals surface area contributed by atoms with Gasteiger partial charge in [-0.2, -0.15) is 0 Å². The van der Waals surface area contributed by atoms with Gasteiger partial charge >= 0.3 is 0 Å². The lowest BCUT2D eigenvalue weighted by Gasteiger charge is -2.11. The predicted molar refractivity (Wildman–Crippen MR) is 113 cm³/mol. The van der Waals surface area contributed by atoms with Crippen molar-refractivity contribution in [3.8, 4) is 5.75 Å². The summed E-state index contributed by atoms with van der Waals surface area (Å²) in [6, 6.07) is 15.4. The van der Waals surface area contributed by atoms with Gasteiger partial charge in [-0.05, 0) is 30.7 Å². The third-order valence-electron chi connectivity index (χ3n) is 4.98. The summed E-state index contributed by atoms with van der Waals surface area (Å²) in [7, 11) is 1.57. The number of nitrogens with one attached hydrogen (secondary N) is 1. The number of carbonyl (C=O) groups is 1. The van der Waals surface area contributed by atoms with E-state index in [0.717, 1.165) is 29.8 Å². The molecule has 0 fully saturated rings. The Morgan fingerprint density at radius 3 is 2.61 bits per heavy atom. The molecule has 1 aromatic heterocycles. The van der Waals surface area contributed by atoms with Crippen molar-refractivity contribution < 1.29 is 9.53 Å². The van der Waals surface area contributed by atoms with E-state index in [4.69, 9.17) is 9.72 Å². The average molecular weight is 380 g/mol. The molecule has 3 aromatic rings. The number of para-hydroxylation sites is 3. The number of rotatable bonds is 10. The minimum atomic E-state index is -0.154. The highest BCUT2D eigenvalue weighted by Crippen LogP contribution is 2.19. The molecule has 5 nitrogen and oxygen atoms in total. The molecular weight excluding hydrogens is 350 g/mol. The first-order valence-corrected chi connectivity index (χ1v) is 10.1. The summed E-state index contributed by atoms with van der Waals surface area (Å²) in [5.74, 6) is 1.31. The van der Waals surface area contributed by atoms with Crippen molar-refractivity contribution in [2.24, 2.45) is 0 Å². The Morgan fingerprint density at radius 1 is 1.04 bits per heavy atom. The van der Waals surface area contributed by atoms with Crippen LogP contribution in [0.25, 0.3) is 11.0 Å². The second-order valence-electron chi connectivity index (χ2n) is 6.97. The Labute approximate surface area is 166 Å². The van der Waals surface area contributed by atoms with Gasteiger partial charge < -0.3 is 14.6 Å². The van der Waals surface area contributed by atoms with Crippen molar-refractivity contribution in [2.75, 3.05) is 7.11 Å². The fourth-order valence-electron chi connectivity index (χ4n) is 3.47. The third kappa shape index (κ3) is 4.71. The van der Waals surface area contributed by atoms with Crippen LogP contribution < -0.4 is 10.1 Å². The van der Waals surface area contributed by atoms with E-state index >= 15 is 0 Å². The number of hydrogen-bond donors (Lipinski definition) is 1. The van der Waals surface area contributed by atoms with Gasteiger partial charge in [0.25, 0.3) is 5.91 Å². The lowest BCUT2D eigenvalue weighted by atomic mass is 10.1. The number of fused-ring (bicyclic) bond motifs is 1. The number of amides is 1. The summed E-state index contributed by atoms with van der Waals surface area (Å²) < 4.78 is 7.53. The molecule has 1 amide bonds. The van der Waals surface area contributed by atoms with E-state index in [2.05, 4.69) is 22.9 Å². The lowest BCUT2D eigenvalue weighted by molar-refractivity contribution is 0.0946. The maximum atomic E-state index is 12.6. The number of hydrogen-bond acceptors (Lipinski definition) is 3. The highest BCUT2D eigenvalue weighted by atomic mass is 16.5. The minimum Gasteiger partial charge on any atom is -0.496 e. The molecule has 0 atom stereocenters. The van der Waals surface area contributed by atoms with Gasteiger partial charge in [-0.25, -0.2) is 4.98 Å². The maximum absolute atomic E-state index is 12.6. The first-order valence-electron chi connectivity index (χ1n) is 10.1. The van der Waals surface area contributed by atoms with E-state index in [1.807, 2.05) is 30.3 Å². The highest BCUT2D eigenvalue weighted by molar-refractivity contribution is 5.96. The maximum Gasteiger partial charge on any atom is 0.255 e. The molecule has 3 rings (SSSR count). The summed E-state index contributed by atoms with van der Waals surface area (Å²) in [4.78, 5) is 17.4. The van der Waals surface area contributed by atoms with Crippen molar-refractivity contribution in [1.29, 1.82) is 0 Å². The fourth-order valence-corrected chi connectivity index (χ4v) is 3.47. The molecule has 0 aliphatic carbocycles. The minimum absolute atomic E-state index is 0.154. The van der Waals surface area contributed by atoms with Gasteiger partial charge in [0.15, 0.2) is 0 Å². The molecule has 1 N–H and O–H groups in total. The summed E-state index contributed by atoms with van der Waals surface area (Å²) >= 11 is 0. The zero-order valence-corrected chi connectivity index (χ0v) is 16.8. The van der Waals surface area contributed by atoms with Crippen LogP contribution in [0.2, 0.25) is 0 Å². The number of benzene rings is 2. The van der Waals surface area contributed by atoms with Gasteiger partial charge in [-0.1, -0.05) is 56.9 Å². The quantitative estimate of drug-likeness (QED) is 0.507. The molecule has 28 heavy (non-hydrogen) atoms. The molecule has 0 aliphatic heterocycles. The largest absolute Gasteiger partial charge is 0.496 e. The van der Waals surface area contributed by atoms with E-state index in [9.17, 15) is 4.79 Å². The van der Waals surface area contributed by atoms with Crippen molar-refractivity contribution in [3.05, 3.63) is 59.9 Å².